The summed E-state index contributed by atoms with van der Waals surface area (Å²) in [5.74, 6) is -0.895. The van der Waals surface area contributed by atoms with Crippen LogP contribution in [0.4, 0.5) is 5.69 Å². The van der Waals surface area contributed by atoms with Crippen molar-refractivity contribution < 1.29 is 18.0 Å². The smallest absolute Gasteiger partial charge is 0.244 e. The molecule has 0 bridgehead atoms. The summed E-state index contributed by atoms with van der Waals surface area (Å²) in [4.78, 5) is 28.2. The van der Waals surface area contributed by atoms with E-state index in [9.17, 15) is 18.0 Å². The Hall–Kier alpha value is -3.07. The van der Waals surface area contributed by atoms with E-state index in [1.807, 2.05) is 30.3 Å². The first kappa shape index (κ1) is 27.5. The number of carbonyl (C=O) groups is 2. The number of amides is 2. The highest BCUT2D eigenvalue weighted by Crippen LogP contribution is 2.22. The van der Waals surface area contributed by atoms with E-state index in [0.29, 0.717) is 15.7 Å². The number of carbonyl (C=O) groups excluding carboxylic acids is 2. The number of anilines is 1. The van der Waals surface area contributed by atoms with Gasteiger partial charge in [0.1, 0.15) is 12.6 Å². The Labute approximate surface area is 221 Å². The summed E-state index contributed by atoms with van der Waals surface area (Å²) < 4.78 is 26.3. The Balaban J connectivity index is 2.00. The molecule has 0 aromatic heterocycles. The van der Waals surface area contributed by atoms with Crippen molar-refractivity contribution in [2.24, 2.45) is 0 Å². The third kappa shape index (κ3) is 7.46. The van der Waals surface area contributed by atoms with Crippen molar-refractivity contribution >= 4 is 50.7 Å². The summed E-state index contributed by atoms with van der Waals surface area (Å²) in [5.41, 5.74) is 1.89. The predicted octanol–water partition coefficient (Wildman–Crippen LogP) is 4.15. The third-order valence-corrected chi connectivity index (χ3v) is 7.22. The average Bonchev–Trinajstić information content (AvgIpc) is 2.86. The minimum absolute atomic E-state index is 0.0825. The van der Waals surface area contributed by atoms with Gasteiger partial charge in [-0.3, -0.25) is 13.9 Å². The molecule has 0 aliphatic carbocycles. The van der Waals surface area contributed by atoms with Gasteiger partial charge in [-0.15, -0.1) is 0 Å². The quantitative estimate of drug-likeness (QED) is 0.413. The first-order chi connectivity index (χ1) is 17.1. The predicted molar refractivity (Wildman–Crippen MR) is 144 cm³/mol. The number of likely N-dealkylation sites (N-methyl/N-ethyl adjacent to an activating group) is 1. The van der Waals surface area contributed by atoms with Gasteiger partial charge in [-0.05, 0) is 47.5 Å². The molecular formula is C26H27Cl2N3O4S. The molecule has 1 N–H and O–H groups in total. The second-order valence-corrected chi connectivity index (χ2v) is 11.0. The first-order valence-corrected chi connectivity index (χ1v) is 13.7. The molecule has 0 spiro atoms. The van der Waals surface area contributed by atoms with Crippen molar-refractivity contribution in [3.05, 3.63) is 100 Å². The normalized spacial score (nSPS) is 12.0. The number of benzene rings is 3. The second kappa shape index (κ2) is 12.3. The molecule has 2 amide bonds. The summed E-state index contributed by atoms with van der Waals surface area (Å²) >= 11 is 12.0. The molecule has 10 heteroatoms. The molecule has 0 radical (unpaired) electrons. The fourth-order valence-electron chi connectivity index (χ4n) is 3.73. The molecule has 1 unspecified atom stereocenters. The molecule has 0 fully saturated rings. The number of hydrogen-bond donors (Lipinski definition) is 1. The first-order valence-electron chi connectivity index (χ1n) is 11.1. The Morgan fingerprint density at radius 1 is 0.861 bits per heavy atom. The lowest BCUT2D eigenvalue weighted by Crippen LogP contribution is -2.52. The van der Waals surface area contributed by atoms with Gasteiger partial charge < -0.3 is 10.2 Å². The van der Waals surface area contributed by atoms with Gasteiger partial charge >= 0.3 is 0 Å². The molecule has 190 valence electrons. The molecule has 1 atom stereocenters. The van der Waals surface area contributed by atoms with Crippen LogP contribution in [0.25, 0.3) is 0 Å². The maximum absolute atomic E-state index is 13.8. The molecule has 0 saturated carbocycles. The van der Waals surface area contributed by atoms with Gasteiger partial charge in [0.05, 0.1) is 11.9 Å². The lowest BCUT2D eigenvalue weighted by Gasteiger charge is -2.33. The summed E-state index contributed by atoms with van der Waals surface area (Å²) in [6.07, 6.45) is 1.28. The van der Waals surface area contributed by atoms with Crippen LogP contribution in [0.3, 0.4) is 0 Å². The number of hydrogen-bond acceptors (Lipinski definition) is 4. The summed E-state index contributed by atoms with van der Waals surface area (Å²) in [6, 6.07) is 21.5. The van der Waals surface area contributed by atoms with Crippen molar-refractivity contribution in [3.8, 4) is 0 Å². The topological polar surface area (TPSA) is 86.8 Å². The maximum Gasteiger partial charge on any atom is 0.244 e. The highest BCUT2D eigenvalue weighted by molar-refractivity contribution is 7.92. The molecule has 3 rings (SSSR count). The molecule has 36 heavy (non-hydrogen) atoms. The van der Waals surface area contributed by atoms with E-state index in [4.69, 9.17) is 23.2 Å². The van der Waals surface area contributed by atoms with E-state index in [-0.39, 0.29) is 18.9 Å². The Morgan fingerprint density at radius 3 is 1.94 bits per heavy atom. The van der Waals surface area contributed by atoms with Crippen LogP contribution in [-0.2, 0) is 32.6 Å². The average molecular weight is 548 g/mol. The summed E-state index contributed by atoms with van der Waals surface area (Å²) in [7, 11) is -2.32. The van der Waals surface area contributed by atoms with Crippen LogP contribution in [0.1, 0.15) is 11.1 Å². The summed E-state index contributed by atoms with van der Waals surface area (Å²) in [5, 5.41) is 3.61. The van der Waals surface area contributed by atoms with Crippen molar-refractivity contribution in [3.63, 3.8) is 0 Å². The number of rotatable bonds is 10. The minimum atomic E-state index is -3.82. The molecule has 3 aromatic carbocycles. The largest absolute Gasteiger partial charge is 0.357 e. The van der Waals surface area contributed by atoms with Crippen LogP contribution in [0.2, 0.25) is 10.0 Å². The van der Waals surface area contributed by atoms with Gasteiger partial charge in [0.25, 0.3) is 0 Å². The van der Waals surface area contributed by atoms with Gasteiger partial charge in [-0.2, -0.15) is 0 Å². The SMILES string of the molecule is CNC(=O)C(Cc1ccccc1)N(Cc1ccc(Cl)cc1)C(=O)CN(c1ccc(Cl)cc1)S(C)(=O)=O. The Morgan fingerprint density at radius 2 is 1.42 bits per heavy atom. The molecular weight excluding hydrogens is 521 g/mol. The fraction of sp³-hybridized carbons (Fsp3) is 0.231. The monoisotopic (exact) mass is 547 g/mol. The van der Waals surface area contributed by atoms with E-state index in [1.54, 1.807) is 36.4 Å². The molecule has 7 nitrogen and oxygen atoms in total. The van der Waals surface area contributed by atoms with Crippen molar-refractivity contribution in [1.82, 2.24) is 10.2 Å². The van der Waals surface area contributed by atoms with Crippen LogP contribution in [0, 0.1) is 0 Å². The number of halogens is 2. The zero-order valence-corrected chi connectivity index (χ0v) is 22.2. The Bertz CT molecular complexity index is 1290. The van der Waals surface area contributed by atoms with E-state index in [1.165, 1.54) is 24.1 Å². The fourth-order valence-corrected chi connectivity index (χ4v) is 4.83. The van der Waals surface area contributed by atoms with Crippen molar-refractivity contribution in [2.75, 3.05) is 24.2 Å². The lowest BCUT2D eigenvalue weighted by molar-refractivity contribution is -0.139. The van der Waals surface area contributed by atoms with E-state index >= 15 is 0 Å². The molecule has 0 aliphatic rings. The standard InChI is InChI=1S/C26H27Cl2N3O4S/c1-29-26(33)24(16-19-6-4-3-5-7-19)30(17-20-8-10-21(27)11-9-20)25(32)18-31(36(2,34)35)23-14-12-22(28)13-15-23/h3-15,24H,16-18H2,1-2H3,(H,29,33). The van der Waals surface area contributed by atoms with Crippen LogP contribution >= 0.6 is 23.2 Å². The van der Waals surface area contributed by atoms with Gasteiger partial charge in [0.15, 0.2) is 0 Å². The molecule has 0 aliphatic heterocycles. The van der Waals surface area contributed by atoms with Gasteiger partial charge in [-0.25, -0.2) is 8.42 Å². The van der Waals surface area contributed by atoms with Gasteiger partial charge in [0, 0.05) is 30.1 Å². The zero-order valence-electron chi connectivity index (χ0n) is 19.9. The van der Waals surface area contributed by atoms with Gasteiger partial charge in [0.2, 0.25) is 21.8 Å². The third-order valence-electron chi connectivity index (χ3n) is 5.58. The number of nitrogens with zero attached hydrogens (tertiary/aromatic N) is 2. The molecule has 0 saturated heterocycles. The minimum Gasteiger partial charge on any atom is -0.357 e. The Kier molecular flexibility index (Phi) is 9.37. The van der Waals surface area contributed by atoms with Crippen molar-refractivity contribution in [2.45, 2.75) is 19.0 Å². The highest BCUT2D eigenvalue weighted by Gasteiger charge is 2.32. The van der Waals surface area contributed by atoms with Crippen LogP contribution in [0.5, 0.6) is 0 Å². The number of sulfonamides is 1. The second-order valence-electron chi connectivity index (χ2n) is 8.21. The van der Waals surface area contributed by atoms with Crippen LogP contribution in [-0.4, -0.2) is 51.0 Å². The molecule has 3 aromatic rings. The van der Waals surface area contributed by atoms with E-state index in [0.717, 1.165) is 21.7 Å². The summed E-state index contributed by atoms with van der Waals surface area (Å²) in [6.45, 7) is -0.407. The molecule has 0 heterocycles. The van der Waals surface area contributed by atoms with Crippen LogP contribution in [0.15, 0.2) is 78.9 Å². The van der Waals surface area contributed by atoms with Gasteiger partial charge in [-0.1, -0.05) is 65.7 Å². The maximum atomic E-state index is 13.8. The van der Waals surface area contributed by atoms with Crippen LogP contribution < -0.4 is 9.62 Å². The van der Waals surface area contributed by atoms with Crippen molar-refractivity contribution in [1.29, 1.82) is 0 Å². The van der Waals surface area contributed by atoms with E-state index < -0.39 is 28.5 Å². The lowest BCUT2D eigenvalue weighted by atomic mass is 10.0. The number of nitrogens with one attached hydrogen (secondary N) is 1. The van der Waals surface area contributed by atoms with E-state index in [2.05, 4.69) is 5.32 Å². The zero-order chi connectivity index (χ0) is 26.3. The highest BCUT2D eigenvalue weighted by atomic mass is 35.5.